The van der Waals surface area contributed by atoms with Gasteiger partial charge < -0.3 is 0 Å². The molecule has 5 nitrogen and oxygen atoms in total. The Morgan fingerprint density at radius 2 is 2.14 bits per heavy atom. The van der Waals surface area contributed by atoms with Crippen LogP contribution >= 0.6 is 28.7 Å². The Kier molecular flexibility index (Phi) is 5.74. The molecular formula is C13H15BrFN3O2S. The molecule has 0 spiro atoms. The van der Waals surface area contributed by atoms with E-state index in [0.717, 1.165) is 0 Å². The smallest absolute Gasteiger partial charge is 0.203 e. The van der Waals surface area contributed by atoms with Gasteiger partial charge in [0.2, 0.25) is 5.78 Å². The fraction of sp³-hybridized carbons (Fsp3) is 0.385. The molecule has 1 aromatic carbocycles. The van der Waals surface area contributed by atoms with Crippen LogP contribution in [0.4, 0.5) is 10.1 Å². The van der Waals surface area contributed by atoms with Crippen molar-refractivity contribution in [1.82, 2.24) is 9.79 Å². The molecule has 0 atom stereocenters. The number of benzene rings is 1. The molecule has 0 aromatic heterocycles. The lowest BCUT2D eigenvalue weighted by Gasteiger charge is -2.26. The summed E-state index contributed by atoms with van der Waals surface area (Å²) in [5.74, 6) is -0.999. The fourth-order valence-electron chi connectivity index (χ4n) is 2.14. The van der Waals surface area contributed by atoms with Crippen LogP contribution in [0.1, 0.15) is 12.8 Å². The summed E-state index contributed by atoms with van der Waals surface area (Å²) in [7, 11) is 0. The quantitative estimate of drug-likeness (QED) is 0.329. The first kappa shape index (κ1) is 16.4. The second-order valence-corrected chi connectivity index (χ2v) is 6.18. The molecule has 0 aliphatic carbocycles. The molecule has 21 heavy (non-hydrogen) atoms. The molecule has 2 rings (SSSR count). The Labute approximate surface area is 135 Å². The van der Waals surface area contributed by atoms with Crippen molar-refractivity contribution < 1.29 is 14.4 Å². The summed E-state index contributed by atoms with van der Waals surface area (Å²) in [4.78, 5) is 16.4. The van der Waals surface area contributed by atoms with Gasteiger partial charge in [-0.1, -0.05) is 12.8 Å². The van der Waals surface area contributed by atoms with Crippen LogP contribution in [0.5, 0.6) is 0 Å². The number of amidine groups is 1. The average Bonchev–Trinajstić information content (AvgIpc) is 2.48. The third-order valence-corrected chi connectivity index (χ3v) is 4.33. The number of nitrogens with one attached hydrogen (secondary N) is 1. The number of piperidine rings is 1. The van der Waals surface area contributed by atoms with Gasteiger partial charge in [-0.2, -0.15) is 0 Å². The van der Waals surface area contributed by atoms with E-state index in [2.05, 4.69) is 33.7 Å². The van der Waals surface area contributed by atoms with E-state index in [1.165, 1.54) is 18.2 Å². The average molecular weight is 376 g/mol. The highest BCUT2D eigenvalue weighted by atomic mass is 79.9. The lowest BCUT2D eigenvalue weighted by atomic mass is 9.93. The number of nitrogens with zero attached hydrogens (tertiary/aromatic N) is 2. The van der Waals surface area contributed by atoms with Gasteiger partial charge in [0.1, 0.15) is 5.82 Å². The molecule has 1 fully saturated rings. The van der Waals surface area contributed by atoms with E-state index >= 15 is 0 Å². The maximum absolute atomic E-state index is 13.2. The summed E-state index contributed by atoms with van der Waals surface area (Å²) in [6.45, 7) is 1.42. The van der Waals surface area contributed by atoms with Crippen LogP contribution in [0.25, 0.3) is 0 Å². The number of hydrogen-bond acceptors (Lipinski definition) is 5. The first-order valence-corrected chi connectivity index (χ1v) is 7.62. The van der Waals surface area contributed by atoms with Crippen LogP contribution in [0.3, 0.4) is 0 Å². The van der Waals surface area contributed by atoms with Gasteiger partial charge in [-0.3, -0.25) is 14.3 Å². The molecule has 0 unspecified atom stereocenters. The summed E-state index contributed by atoms with van der Waals surface area (Å²) in [5, 5.41) is 9.15. The van der Waals surface area contributed by atoms with Crippen LogP contribution in [-0.4, -0.2) is 34.2 Å². The number of Topliss-reactive ketones (excluding diaryl/α,β-unsaturated/α-hetero) is 1. The topological polar surface area (TPSA) is 64.9 Å². The number of hydrogen-bond donors (Lipinski definition) is 3. The fourth-order valence-corrected chi connectivity index (χ4v) is 2.74. The molecule has 0 radical (unpaired) electrons. The molecule has 1 saturated heterocycles. The van der Waals surface area contributed by atoms with Crippen molar-refractivity contribution in [3.63, 3.8) is 0 Å². The van der Waals surface area contributed by atoms with Gasteiger partial charge >= 0.3 is 0 Å². The molecule has 114 valence electrons. The molecule has 8 heteroatoms. The highest BCUT2D eigenvalue weighted by Crippen LogP contribution is 2.23. The minimum Gasteiger partial charge on any atom is -0.290 e. The van der Waals surface area contributed by atoms with E-state index in [4.69, 9.17) is 5.21 Å². The number of aliphatic imine (C=N–C) groups is 1. The van der Waals surface area contributed by atoms with Crippen LogP contribution in [0.15, 0.2) is 27.7 Å². The molecular weight excluding hydrogens is 361 g/mol. The van der Waals surface area contributed by atoms with Gasteiger partial charge in [-0.05, 0) is 47.0 Å². The van der Waals surface area contributed by atoms with Crippen molar-refractivity contribution in [2.75, 3.05) is 13.1 Å². The van der Waals surface area contributed by atoms with Gasteiger partial charge in [0.25, 0.3) is 0 Å². The lowest BCUT2D eigenvalue weighted by Crippen LogP contribution is -2.38. The third kappa shape index (κ3) is 4.26. The number of hydroxylamine groups is 1. The number of halogens is 2. The van der Waals surface area contributed by atoms with Crippen molar-refractivity contribution in [3.8, 4) is 0 Å². The summed E-state index contributed by atoms with van der Waals surface area (Å²) < 4.78 is 15.3. The number of rotatable bonds is 3. The number of carbonyl (C=O) groups is 1. The first-order chi connectivity index (χ1) is 10.0. The van der Waals surface area contributed by atoms with Crippen molar-refractivity contribution in [1.29, 1.82) is 0 Å². The normalized spacial score (nSPS) is 17.8. The standard InChI is InChI=1S/C13H15BrFN3O2S/c14-10-7-9(1-2-11(10)15)16-13(17-20)12(19)8-3-5-18(21)6-4-8/h1-2,7-8,20-21H,3-6H2,(H,16,17). The van der Waals surface area contributed by atoms with Crippen molar-refractivity contribution in [3.05, 3.63) is 28.5 Å². The number of thiol groups is 1. The monoisotopic (exact) mass is 375 g/mol. The van der Waals surface area contributed by atoms with E-state index in [1.807, 2.05) is 9.79 Å². The molecule has 1 aliphatic heterocycles. The van der Waals surface area contributed by atoms with E-state index in [-0.39, 0.29) is 22.0 Å². The zero-order valence-corrected chi connectivity index (χ0v) is 13.6. The highest BCUT2D eigenvalue weighted by Gasteiger charge is 2.27. The Morgan fingerprint density at radius 1 is 1.48 bits per heavy atom. The summed E-state index contributed by atoms with van der Waals surface area (Å²) in [5.41, 5.74) is 2.23. The third-order valence-electron chi connectivity index (χ3n) is 3.33. The zero-order valence-electron chi connectivity index (χ0n) is 11.1. The van der Waals surface area contributed by atoms with Gasteiger partial charge in [0, 0.05) is 19.0 Å². The summed E-state index contributed by atoms with van der Waals surface area (Å²) >= 11 is 7.28. The number of ketones is 1. The Hall–Kier alpha value is -0.960. The van der Waals surface area contributed by atoms with Gasteiger partial charge in [0.15, 0.2) is 5.84 Å². The van der Waals surface area contributed by atoms with Crippen LogP contribution in [0.2, 0.25) is 0 Å². The van der Waals surface area contributed by atoms with Crippen LogP contribution < -0.4 is 5.48 Å². The Morgan fingerprint density at radius 3 is 2.71 bits per heavy atom. The maximum Gasteiger partial charge on any atom is 0.203 e. The maximum atomic E-state index is 13.2. The molecule has 0 saturated carbocycles. The summed E-state index contributed by atoms with van der Waals surface area (Å²) in [6, 6.07) is 4.11. The first-order valence-electron chi connectivity index (χ1n) is 6.43. The minimum absolute atomic E-state index is 0.133. The van der Waals surface area contributed by atoms with Crippen molar-refractivity contribution in [2.45, 2.75) is 12.8 Å². The van der Waals surface area contributed by atoms with Crippen molar-refractivity contribution >= 4 is 46.1 Å². The van der Waals surface area contributed by atoms with Gasteiger partial charge in [-0.15, -0.1) is 0 Å². The molecule has 0 amide bonds. The highest BCUT2D eigenvalue weighted by molar-refractivity contribution is 9.10. The largest absolute Gasteiger partial charge is 0.290 e. The van der Waals surface area contributed by atoms with E-state index in [0.29, 0.717) is 31.6 Å². The SMILES string of the molecule is O=C(C(=Nc1ccc(F)c(Br)c1)NO)C1CCN(S)CC1. The predicted octanol–water partition coefficient (Wildman–Crippen LogP) is 2.72. The second-order valence-electron chi connectivity index (χ2n) is 4.76. The van der Waals surface area contributed by atoms with Crippen LogP contribution in [0, 0.1) is 11.7 Å². The van der Waals surface area contributed by atoms with E-state index in [9.17, 15) is 9.18 Å². The Balaban J connectivity index is 2.16. The van der Waals surface area contributed by atoms with E-state index < -0.39 is 5.82 Å². The summed E-state index contributed by atoms with van der Waals surface area (Å²) in [6.07, 6.45) is 1.33. The van der Waals surface area contributed by atoms with E-state index in [1.54, 1.807) is 0 Å². The molecule has 1 aromatic rings. The van der Waals surface area contributed by atoms with Crippen molar-refractivity contribution in [2.24, 2.45) is 10.9 Å². The minimum atomic E-state index is -0.417. The van der Waals surface area contributed by atoms with Crippen LogP contribution in [-0.2, 0) is 4.79 Å². The van der Waals surface area contributed by atoms with Gasteiger partial charge in [-0.25, -0.2) is 14.9 Å². The zero-order chi connectivity index (χ0) is 15.4. The lowest BCUT2D eigenvalue weighted by molar-refractivity contribution is -0.118. The Bertz CT molecular complexity index is 562. The second kappa shape index (κ2) is 7.35. The predicted molar refractivity (Wildman–Crippen MR) is 84.4 cm³/mol. The molecule has 0 bridgehead atoms. The molecule has 1 heterocycles. The number of carbonyl (C=O) groups excluding carboxylic acids is 1. The molecule has 2 N–H and O–H groups in total. The molecule has 1 aliphatic rings. The van der Waals surface area contributed by atoms with Gasteiger partial charge in [0.05, 0.1) is 10.2 Å².